The first kappa shape index (κ1) is 17.9. The van der Waals surface area contributed by atoms with Crippen molar-refractivity contribution >= 4 is 29.1 Å². The summed E-state index contributed by atoms with van der Waals surface area (Å²) in [5, 5.41) is 11.6. The largest absolute Gasteiger partial charge is 0.335 e. The van der Waals surface area contributed by atoms with Gasteiger partial charge >= 0.3 is 0 Å². The lowest BCUT2D eigenvalue weighted by molar-refractivity contribution is -0.385. The summed E-state index contributed by atoms with van der Waals surface area (Å²) in [4.78, 5) is 38.9. The van der Waals surface area contributed by atoms with Crippen molar-refractivity contribution in [2.24, 2.45) is 0 Å². The van der Waals surface area contributed by atoms with Crippen molar-refractivity contribution in [2.45, 2.75) is 0 Å². The third-order valence-corrected chi connectivity index (χ3v) is 4.49. The maximum absolute atomic E-state index is 12.6. The number of carbonyl (C=O) groups excluding carboxylic acids is 2. The molecule has 1 heterocycles. The Balaban J connectivity index is 1.68. The van der Waals surface area contributed by atoms with E-state index >= 15 is 0 Å². The zero-order chi connectivity index (χ0) is 18.7. The second kappa shape index (κ2) is 7.53. The summed E-state index contributed by atoms with van der Waals surface area (Å²) in [7, 11) is 0. The lowest BCUT2D eigenvalue weighted by atomic mass is 10.1. The average Bonchev–Trinajstić information content (AvgIpc) is 2.67. The van der Waals surface area contributed by atoms with Gasteiger partial charge in [-0.1, -0.05) is 29.8 Å². The summed E-state index contributed by atoms with van der Waals surface area (Å²) in [6, 6.07) is 12.6. The Bertz CT molecular complexity index is 863. The van der Waals surface area contributed by atoms with Crippen LogP contribution >= 0.6 is 11.6 Å². The molecule has 1 fully saturated rings. The van der Waals surface area contributed by atoms with Gasteiger partial charge in [-0.25, -0.2) is 0 Å². The van der Waals surface area contributed by atoms with E-state index in [1.807, 2.05) is 0 Å². The fourth-order valence-electron chi connectivity index (χ4n) is 2.90. The van der Waals surface area contributed by atoms with Crippen molar-refractivity contribution in [1.29, 1.82) is 0 Å². The van der Waals surface area contributed by atoms with Crippen LogP contribution in [0.25, 0.3) is 0 Å². The van der Waals surface area contributed by atoms with E-state index in [-0.39, 0.29) is 17.2 Å². The number of carbonyl (C=O) groups is 2. The van der Waals surface area contributed by atoms with Gasteiger partial charge in [0.15, 0.2) is 0 Å². The van der Waals surface area contributed by atoms with Crippen molar-refractivity contribution in [3.05, 3.63) is 74.8 Å². The molecule has 7 nitrogen and oxygen atoms in total. The number of para-hydroxylation sites is 1. The van der Waals surface area contributed by atoms with E-state index in [0.29, 0.717) is 36.8 Å². The van der Waals surface area contributed by atoms with E-state index < -0.39 is 10.8 Å². The molecule has 1 aliphatic heterocycles. The van der Waals surface area contributed by atoms with Gasteiger partial charge in [-0.3, -0.25) is 19.7 Å². The minimum Gasteiger partial charge on any atom is -0.335 e. The SMILES string of the molecule is O=C(c1cccc(Cl)c1)N1CCN(C(=O)c2ccccc2[N+](=O)[O-])CC1. The third kappa shape index (κ3) is 3.67. The number of nitro groups is 1. The molecule has 0 atom stereocenters. The summed E-state index contributed by atoms with van der Waals surface area (Å²) < 4.78 is 0. The van der Waals surface area contributed by atoms with Gasteiger partial charge in [-0.05, 0) is 24.3 Å². The minimum absolute atomic E-state index is 0.0621. The zero-order valence-corrected chi connectivity index (χ0v) is 14.6. The summed E-state index contributed by atoms with van der Waals surface area (Å²) in [6.07, 6.45) is 0. The summed E-state index contributed by atoms with van der Waals surface area (Å²) in [5.74, 6) is -0.544. The molecule has 0 saturated carbocycles. The first-order valence-corrected chi connectivity index (χ1v) is 8.42. The number of benzene rings is 2. The quantitative estimate of drug-likeness (QED) is 0.611. The number of rotatable bonds is 3. The highest BCUT2D eigenvalue weighted by atomic mass is 35.5. The highest BCUT2D eigenvalue weighted by Crippen LogP contribution is 2.21. The van der Waals surface area contributed by atoms with E-state index in [1.165, 1.54) is 23.1 Å². The number of amides is 2. The molecule has 3 rings (SSSR count). The molecule has 0 unspecified atom stereocenters. The van der Waals surface area contributed by atoms with Crippen molar-refractivity contribution in [3.8, 4) is 0 Å². The maximum Gasteiger partial charge on any atom is 0.282 e. The molecule has 2 aromatic rings. The molecular formula is C18H16ClN3O4. The Morgan fingerprint density at radius 1 is 0.923 bits per heavy atom. The Kier molecular flexibility index (Phi) is 5.18. The van der Waals surface area contributed by atoms with E-state index in [4.69, 9.17) is 11.6 Å². The zero-order valence-electron chi connectivity index (χ0n) is 13.8. The number of halogens is 1. The van der Waals surface area contributed by atoms with Crippen LogP contribution in [0.4, 0.5) is 5.69 Å². The molecule has 0 N–H and O–H groups in total. The van der Waals surface area contributed by atoms with Crippen molar-refractivity contribution in [2.75, 3.05) is 26.2 Å². The van der Waals surface area contributed by atoms with E-state index in [0.717, 1.165) is 0 Å². The van der Waals surface area contributed by atoms with Gasteiger partial charge < -0.3 is 9.80 Å². The normalized spacial score (nSPS) is 14.2. The predicted octanol–water partition coefficient (Wildman–Crippen LogP) is 2.85. The first-order valence-electron chi connectivity index (χ1n) is 8.05. The monoisotopic (exact) mass is 373 g/mol. The second-order valence-corrected chi connectivity index (χ2v) is 6.31. The van der Waals surface area contributed by atoms with Crippen LogP contribution in [0.2, 0.25) is 5.02 Å². The van der Waals surface area contributed by atoms with Crippen LogP contribution in [0.15, 0.2) is 48.5 Å². The number of hydrogen-bond donors (Lipinski definition) is 0. The smallest absolute Gasteiger partial charge is 0.282 e. The van der Waals surface area contributed by atoms with Crippen LogP contribution in [0.1, 0.15) is 20.7 Å². The average molecular weight is 374 g/mol. The molecule has 2 aromatic carbocycles. The van der Waals surface area contributed by atoms with Gasteiger partial charge in [0.2, 0.25) is 0 Å². The highest BCUT2D eigenvalue weighted by Gasteiger charge is 2.28. The van der Waals surface area contributed by atoms with Crippen LogP contribution in [-0.2, 0) is 0 Å². The summed E-state index contributed by atoms with van der Waals surface area (Å²) >= 11 is 5.92. The standard InChI is InChI=1S/C18H16ClN3O4/c19-14-5-3-4-13(12-14)17(23)20-8-10-21(11-9-20)18(24)15-6-1-2-7-16(15)22(25)26/h1-7,12H,8-11H2. The fourth-order valence-corrected chi connectivity index (χ4v) is 3.09. The molecule has 1 saturated heterocycles. The van der Waals surface area contributed by atoms with Gasteiger partial charge in [-0.15, -0.1) is 0 Å². The highest BCUT2D eigenvalue weighted by molar-refractivity contribution is 6.30. The molecule has 2 amide bonds. The topological polar surface area (TPSA) is 83.8 Å². The molecule has 0 spiro atoms. The first-order chi connectivity index (χ1) is 12.5. The van der Waals surface area contributed by atoms with E-state index in [1.54, 1.807) is 35.2 Å². The van der Waals surface area contributed by atoms with Gasteiger partial charge in [0.05, 0.1) is 4.92 Å². The molecule has 0 radical (unpaired) electrons. The number of piperazine rings is 1. The molecule has 8 heteroatoms. The van der Waals surface area contributed by atoms with Crippen LogP contribution in [0.3, 0.4) is 0 Å². The van der Waals surface area contributed by atoms with Gasteiger partial charge in [0.25, 0.3) is 17.5 Å². The van der Waals surface area contributed by atoms with E-state index in [2.05, 4.69) is 0 Å². The molecule has 1 aliphatic rings. The number of nitro benzene ring substituents is 1. The number of nitrogens with zero attached hydrogens (tertiary/aromatic N) is 3. The maximum atomic E-state index is 12.6. The molecule has 0 bridgehead atoms. The lowest BCUT2D eigenvalue weighted by Crippen LogP contribution is -2.50. The summed E-state index contributed by atoms with van der Waals surface area (Å²) in [6.45, 7) is 1.35. The molecule has 0 aromatic heterocycles. The van der Waals surface area contributed by atoms with Crippen LogP contribution in [0.5, 0.6) is 0 Å². The van der Waals surface area contributed by atoms with Gasteiger partial charge in [0.1, 0.15) is 5.56 Å². The second-order valence-electron chi connectivity index (χ2n) is 5.87. The van der Waals surface area contributed by atoms with Crippen molar-refractivity contribution in [3.63, 3.8) is 0 Å². The lowest BCUT2D eigenvalue weighted by Gasteiger charge is -2.34. The summed E-state index contributed by atoms with van der Waals surface area (Å²) in [5.41, 5.74) is 0.345. The molecule has 0 aliphatic carbocycles. The minimum atomic E-state index is -0.563. The van der Waals surface area contributed by atoms with Crippen molar-refractivity contribution in [1.82, 2.24) is 9.80 Å². The number of hydrogen-bond acceptors (Lipinski definition) is 4. The van der Waals surface area contributed by atoms with E-state index in [9.17, 15) is 19.7 Å². The van der Waals surface area contributed by atoms with Gasteiger partial charge in [-0.2, -0.15) is 0 Å². The predicted molar refractivity (Wildman–Crippen MR) is 96.4 cm³/mol. The Labute approximate surface area is 154 Å². The Morgan fingerprint density at radius 2 is 1.54 bits per heavy atom. The fraction of sp³-hybridized carbons (Fsp3) is 0.222. The van der Waals surface area contributed by atoms with Crippen LogP contribution in [0, 0.1) is 10.1 Å². The van der Waals surface area contributed by atoms with Gasteiger partial charge in [0, 0.05) is 42.8 Å². The van der Waals surface area contributed by atoms with Crippen molar-refractivity contribution < 1.29 is 14.5 Å². The Hall–Kier alpha value is -2.93. The molecule has 26 heavy (non-hydrogen) atoms. The van der Waals surface area contributed by atoms with Crippen LogP contribution < -0.4 is 0 Å². The molecular weight excluding hydrogens is 358 g/mol. The van der Waals surface area contributed by atoms with Crippen LogP contribution in [-0.4, -0.2) is 52.7 Å². The molecule has 134 valence electrons. The third-order valence-electron chi connectivity index (χ3n) is 4.26. The Morgan fingerprint density at radius 3 is 2.15 bits per heavy atom.